The van der Waals surface area contributed by atoms with Crippen LogP contribution in [0.2, 0.25) is 0 Å². The van der Waals surface area contributed by atoms with Crippen LogP contribution in [-0.2, 0) is 16.1 Å². The first-order valence-electron chi connectivity index (χ1n) is 7.35. The summed E-state index contributed by atoms with van der Waals surface area (Å²) in [6, 6.07) is 9.32. The quantitative estimate of drug-likeness (QED) is 0.800. The number of fused-ring (bicyclic) bond motifs is 1. The van der Waals surface area contributed by atoms with E-state index in [1.807, 2.05) is 30.3 Å². The number of nitrogens with zero attached hydrogens (tertiary/aromatic N) is 1. The molecule has 120 valence electrons. The third-order valence-electron chi connectivity index (χ3n) is 4.84. The van der Waals surface area contributed by atoms with Crippen molar-refractivity contribution in [2.45, 2.75) is 26.1 Å². The Balaban J connectivity index is 1.81. The average molecular weight is 313 g/mol. The fourth-order valence-corrected chi connectivity index (χ4v) is 3.72. The Morgan fingerprint density at radius 2 is 1.95 bits per heavy atom. The highest BCUT2D eigenvalue weighted by atomic mass is 19.4. The molecule has 0 aromatic heterocycles. The lowest BCUT2D eigenvalue weighted by molar-refractivity contribution is -0.197. The van der Waals surface area contributed by atoms with Crippen molar-refractivity contribution in [1.82, 2.24) is 4.90 Å². The summed E-state index contributed by atoms with van der Waals surface area (Å²) in [5, 5.41) is 0. The van der Waals surface area contributed by atoms with Gasteiger partial charge in [0.1, 0.15) is 0 Å². The number of esters is 1. The SMILES string of the molecule is CCOC(=O)C12CN(Cc3ccccc3)CC1(C(F)(F)F)C2. The molecule has 1 saturated carbocycles. The predicted octanol–water partition coefficient (Wildman–Crippen LogP) is 3.00. The van der Waals surface area contributed by atoms with Crippen molar-refractivity contribution in [2.24, 2.45) is 10.8 Å². The molecule has 2 fully saturated rings. The smallest absolute Gasteiger partial charge is 0.396 e. The highest BCUT2D eigenvalue weighted by Crippen LogP contribution is 2.75. The van der Waals surface area contributed by atoms with Crippen LogP contribution in [0, 0.1) is 10.8 Å². The van der Waals surface area contributed by atoms with Crippen LogP contribution in [0.3, 0.4) is 0 Å². The number of rotatable bonds is 4. The molecule has 1 aliphatic heterocycles. The van der Waals surface area contributed by atoms with E-state index in [1.165, 1.54) is 0 Å². The van der Waals surface area contributed by atoms with E-state index in [0.29, 0.717) is 6.54 Å². The van der Waals surface area contributed by atoms with Gasteiger partial charge in [-0.2, -0.15) is 13.2 Å². The van der Waals surface area contributed by atoms with Crippen molar-refractivity contribution in [3.63, 3.8) is 0 Å². The van der Waals surface area contributed by atoms with Crippen LogP contribution in [0.25, 0.3) is 0 Å². The Morgan fingerprint density at radius 3 is 2.55 bits per heavy atom. The van der Waals surface area contributed by atoms with Crippen LogP contribution in [0.1, 0.15) is 18.9 Å². The Bertz CT molecular complexity index is 575. The molecule has 6 heteroatoms. The number of alkyl halides is 3. The minimum atomic E-state index is -4.38. The third kappa shape index (κ3) is 2.12. The molecule has 3 nitrogen and oxygen atoms in total. The maximum atomic E-state index is 13.5. The van der Waals surface area contributed by atoms with E-state index in [9.17, 15) is 18.0 Å². The minimum absolute atomic E-state index is 0.104. The van der Waals surface area contributed by atoms with E-state index in [4.69, 9.17) is 4.74 Å². The molecule has 1 saturated heterocycles. The summed E-state index contributed by atoms with van der Waals surface area (Å²) < 4.78 is 45.5. The number of piperidine rings is 1. The number of carbonyl (C=O) groups excluding carboxylic acids is 1. The molecule has 2 atom stereocenters. The Hall–Kier alpha value is -1.56. The van der Waals surface area contributed by atoms with Gasteiger partial charge in [0.25, 0.3) is 0 Å². The van der Waals surface area contributed by atoms with E-state index in [-0.39, 0.29) is 26.1 Å². The van der Waals surface area contributed by atoms with Crippen molar-refractivity contribution >= 4 is 5.97 Å². The highest BCUT2D eigenvalue weighted by molar-refractivity contribution is 5.83. The first-order chi connectivity index (χ1) is 10.3. The summed E-state index contributed by atoms with van der Waals surface area (Å²) in [5.74, 6) is -0.706. The number of halogens is 3. The van der Waals surface area contributed by atoms with Gasteiger partial charge in [0.05, 0.1) is 17.4 Å². The standard InChI is InChI=1S/C16H18F3NO2/c1-2-22-13(21)14-9-15(14,16(17,18)19)11-20(10-14)8-12-6-4-3-5-7-12/h3-7H,2,8-11H2,1H3. The second-order valence-electron chi connectivity index (χ2n) is 6.19. The molecule has 0 spiro atoms. The monoisotopic (exact) mass is 313 g/mol. The molecule has 1 aromatic carbocycles. The fourth-order valence-electron chi connectivity index (χ4n) is 3.72. The van der Waals surface area contributed by atoms with Crippen molar-refractivity contribution in [3.8, 4) is 0 Å². The van der Waals surface area contributed by atoms with Crippen molar-refractivity contribution in [2.75, 3.05) is 19.7 Å². The highest BCUT2D eigenvalue weighted by Gasteiger charge is 2.86. The van der Waals surface area contributed by atoms with Gasteiger partial charge >= 0.3 is 12.1 Å². The summed E-state index contributed by atoms with van der Waals surface area (Å²) in [5.41, 5.74) is -2.39. The molecule has 2 unspecified atom stereocenters. The van der Waals surface area contributed by atoms with Crippen LogP contribution >= 0.6 is 0 Å². The van der Waals surface area contributed by atoms with E-state index in [0.717, 1.165) is 5.56 Å². The molecule has 1 heterocycles. The van der Waals surface area contributed by atoms with Crippen LogP contribution in [-0.4, -0.2) is 36.7 Å². The number of ether oxygens (including phenoxy) is 1. The van der Waals surface area contributed by atoms with Crippen LogP contribution in [0.5, 0.6) is 0 Å². The lowest BCUT2D eigenvalue weighted by Crippen LogP contribution is -2.35. The summed E-state index contributed by atoms with van der Waals surface area (Å²) in [6.45, 7) is 2.11. The molecule has 1 aliphatic carbocycles. The third-order valence-corrected chi connectivity index (χ3v) is 4.84. The van der Waals surface area contributed by atoms with Crippen molar-refractivity contribution < 1.29 is 22.7 Å². The molecule has 0 radical (unpaired) electrons. The Kier molecular flexibility index (Phi) is 3.47. The van der Waals surface area contributed by atoms with Gasteiger partial charge in [0.2, 0.25) is 0 Å². The van der Waals surface area contributed by atoms with Gasteiger partial charge in [-0.25, -0.2) is 0 Å². The van der Waals surface area contributed by atoms with E-state index in [2.05, 4.69) is 0 Å². The largest absolute Gasteiger partial charge is 0.466 e. The minimum Gasteiger partial charge on any atom is -0.466 e. The Morgan fingerprint density at radius 1 is 1.27 bits per heavy atom. The average Bonchev–Trinajstić information content (AvgIpc) is 3.00. The van der Waals surface area contributed by atoms with Crippen molar-refractivity contribution in [3.05, 3.63) is 35.9 Å². The zero-order valence-electron chi connectivity index (χ0n) is 12.3. The van der Waals surface area contributed by atoms with Gasteiger partial charge in [-0.05, 0) is 18.9 Å². The first-order valence-corrected chi connectivity index (χ1v) is 7.35. The predicted molar refractivity (Wildman–Crippen MR) is 73.9 cm³/mol. The van der Waals surface area contributed by atoms with Crippen molar-refractivity contribution in [1.29, 1.82) is 0 Å². The molecule has 0 N–H and O–H groups in total. The van der Waals surface area contributed by atoms with E-state index < -0.39 is 23.0 Å². The first kappa shape index (κ1) is 15.3. The normalized spacial score (nSPS) is 30.9. The summed E-state index contributed by atoms with van der Waals surface area (Å²) in [6.07, 6.45) is -4.53. The van der Waals surface area contributed by atoms with Gasteiger partial charge in [0, 0.05) is 19.6 Å². The van der Waals surface area contributed by atoms with E-state index >= 15 is 0 Å². The summed E-state index contributed by atoms with van der Waals surface area (Å²) in [7, 11) is 0. The lowest BCUT2D eigenvalue weighted by Gasteiger charge is -2.22. The van der Waals surface area contributed by atoms with Crippen LogP contribution in [0.15, 0.2) is 30.3 Å². The number of carbonyl (C=O) groups is 1. The molecule has 0 bridgehead atoms. The molecule has 1 aromatic rings. The van der Waals surface area contributed by atoms with Gasteiger partial charge in [-0.3, -0.25) is 9.69 Å². The van der Waals surface area contributed by atoms with Gasteiger partial charge in [-0.15, -0.1) is 0 Å². The van der Waals surface area contributed by atoms with Crippen LogP contribution < -0.4 is 0 Å². The second kappa shape index (κ2) is 4.98. The van der Waals surface area contributed by atoms with Gasteiger partial charge < -0.3 is 4.74 Å². The van der Waals surface area contributed by atoms with Crippen LogP contribution in [0.4, 0.5) is 13.2 Å². The maximum Gasteiger partial charge on any atom is 0.396 e. The maximum absolute atomic E-state index is 13.5. The topological polar surface area (TPSA) is 29.5 Å². The number of benzene rings is 1. The fraction of sp³-hybridized carbons (Fsp3) is 0.562. The summed E-state index contributed by atoms with van der Waals surface area (Å²) >= 11 is 0. The zero-order valence-corrected chi connectivity index (χ0v) is 12.3. The van der Waals surface area contributed by atoms with Gasteiger partial charge in [-0.1, -0.05) is 30.3 Å². The molecule has 2 aliphatic rings. The zero-order chi connectivity index (χ0) is 16.0. The second-order valence-corrected chi connectivity index (χ2v) is 6.19. The number of likely N-dealkylation sites (tertiary alicyclic amines) is 1. The molecule has 3 rings (SSSR count). The Labute approximate surface area is 127 Å². The lowest BCUT2D eigenvalue weighted by atomic mass is 9.96. The molecular weight excluding hydrogens is 295 g/mol. The molecule has 0 amide bonds. The molecular formula is C16H18F3NO2. The summed E-state index contributed by atoms with van der Waals surface area (Å²) in [4.78, 5) is 13.8. The van der Waals surface area contributed by atoms with E-state index in [1.54, 1.807) is 11.8 Å². The van der Waals surface area contributed by atoms with Gasteiger partial charge in [0.15, 0.2) is 0 Å². The molecule has 22 heavy (non-hydrogen) atoms. The number of hydrogen-bond acceptors (Lipinski definition) is 3. The number of hydrogen-bond donors (Lipinski definition) is 0.